The lowest BCUT2D eigenvalue weighted by Crippen LogP contribution is -2.25. The van der Waals surface area contributed by atoms with E-state index in [9.17, 15) is 4.79 Å². The fraction of sp³-hybridized carbons (Fsp3) is 0.417. The number of pyridine rings is 1. The van der Waals surface area contributed by atoms with Crippen LogP contribution >= 0.6 is 27.5 Å². The summed E-state index contributed by atoms with van der Waals surface area (Å²) < 4.78 is 2.82. The van der Waals surface area contributed by atoms with Crippen LogP contribution in [0.4, 0.5) is 0 Å². The number of alkyl halides is 1. The zero-order valence-corrected chi connectivity index (χ0v) is 13.0. The Bertz CT molecular complexity index is 611. The molecule has 102 valence electrons. The van der Waals surface area contributed by atoms with Gasteiger partial charge in [0.2, 0.25) is 5.91 Å². The van der Waals surface area contributed by atoms with E-state index in [1.165, 1.54) is 6.92 Å². The number of aromatic nitrogens is 3. The molecular formula is C12H14BrClN4O. The predicted octanol–water partition coefficient (Wildman–Crippen LogP) is 2.63. The number of imidazole rings is 1. The number of hydrogen-bond acceptors (Lipinski definition) is 3. The fourth-order valence-corrected chi connectivity index (χ4v) is 2.36. The minimum atomic E-state index is -0.217. The van der Waals surface area contributed by atoms with Crippen LogP contribution in [0.5, 0.6) is 0 Å². The van der Waals surface area contributed by atoms with Gasteiger partial charge in [0.25, 0.3) is 0 Å². The number of hydrogen-bond donors (Lipinski definition) is 1. The molecule has 0 spiro atoms. The van der Waals surface area contributed by atoms with E-state index in [4.69, 9.17) is 11.6 Å². The smallest absolute Gasteiger partial charge is 0.216 e. The van der Waals surface area contributed by atoms with E-state index < -0.39 is 0 Å². The highest BCUT2D eigenvalue weighted by Crippen LogP contribution is 2.24. The third-order valence-electron chi connectivity index (χ3n) is 2.65. The van der Waals surface area contributed by atoms with Gasteiger partial charge in [0, 0.05) is 30.7 Å². The van der Waals surface area contributed by atoms with Crippen LogP contribution in [0.25, 0.3) is 11.2 Å². The Morgan fingerprint density at radius 2 is 2.37 bits per heavy atom. The van der Waals surface area contributed by atoms with E-state index in [0.29, 0.717) is 13.1 Å². The number of nitrogens with one attached hydrogen (secondary N) is 1. The second-order valence-electron chi connectivity index (χ2n) is 4.22. The summed E-state index contributed by atoms with van der Waals surface area (Å²) in [6.45, 7) is 4.48. The second kappa shape index (κ2) is 5.88. The first-order valence-electron chi connectivity index (χ1n) is 5.89. The van der Waals surface area contributed by atoms with E-state index in [-0.39, 0.29) is 11.3 Å². The van der Waals surface area contributed by atoms with Crippen molar-refractivity contribution in [2.24, 2.45) is 0 Å². The van der Waals surface area contributed by atoms with Crippen LogP contribution in [0.15, 0.2) is 16.7 Å². The molecule has 7 heteroatoms. The van der Waals surface area contributed by atoms with Gasteiger partial charge in [-0.1, -0.05) is 0 Å². The van der Waals surface area contributed by atoms with Crippen molar-refractivity contribution in [2.75, 3.05) is 6.54 Å². The molecule has 0 aliphatic carbocycles. The van der Waals surface area contributed by atoms with Gasteiger partial charge in [-0.15, -0.1) is 11.6 Å². The van der Waals surface area contributed by atoms with Crippen molar-refractivity contribution in [1.82, 2.24) is 19.9 Å². The number of carbonyl (C=O) groups excluding carboxylic acids is 1. The Kier molecular flexibility index (Phi) is 4.42. The maximum atomic E-state index is 10.9. The molecule has 19 heavy (non-hydrogen) atoms. The van der Waals surface area contributed by atoms with Crippen molar-refractivity contribution >= 4 is 44.6 Å². The molecule has 2 aromatic heterocycles. The first kappa shape index (κ1) is 14.3. The molecule has 1 atom stereocenters. The highest BCUT2D eigenvalue weighted by molar-refractivity contribution is 9.10. The van der Waals surface area contributed by atoms with E-state index in [1.807, 2.05) is 17.6 Å². The highest BCUT2D eigenvalue weighted by Gasteiger charge is 2.15. The summed E-state index contributed by atoms with van der Waals surface area (Å²) in [7, 11) is 0. The van der Waals surface area contributed by atoms with Gasteiger partial charge < -0.3 is 9.88 Å². The number of halogens is 2. The molecule has 5 nitrogen and oxygen atoms in total. The Morgan fingerprint density at radius 1 is 1.63 bits per heavy atom. The molecule has 2 heterocycles. The monoisotopic (exact) mass is 344 g/mol. The normalized spacial score (nSPS) is 12.6. The molecule has 1 amide bonds. The van der Waals surface area contributed by atoms with Crippen LogP contribution in [0.2, 0.25) is 0 Å². The molecule has 0 saturated carbocycles. The van der Waals surface area contributed by atoms with E-state index in [2.05, 4.69) is 31.2 Å². The minimum absolute atomic E-state index is 0.0550. The maximum absolute atomic E-state index is 10.9. The van der Waals surface area contributed by atoms with Gasteiger partial charge in [-0.3, -0.25) is 4.79 Å². The molecule has 0 fully saturated rings. The largest absolute Gasteiger partial charge is 0.355 e. The molecule has 1 N–H and O–H groups in total. The van der Waals surface area contributed by atoms with Gasteiger partial charge in [-0.2, -0.15) is 0 Å². The quantitative estimate of drug-likeness (QED) is 0.867. The van der Waals surface area contributed by atoms with Gasteiger partial charge in [0.15, 0.2) is 5.65 Å². The SMILES string of the molecule is CC(=O)NCCn1c(C(C)Cl)nc2cc(Br)cnc21. The van der Waals surface area contributed by atoms with Gasteiger partial charge in [0.1, 0.15) is 11.3 Å². The number of fused-ring (bicyclic) bond motifs is 1. The minimum Gasteiger partial charge on any atom is -0.355 e. The average molecular weight is 346 g/mol. The zero-order valence-electron chi connectivity index (χ0n) is 10.7. The standard InChI is InChI=1S/C12H14BrClN4O/c1-7(14)11-17-10-5-9(13)6-16-12(10)18(11)4-3-15-8(2)19/h5-7H,3-4H2,1-2H3,(H,15,19). The first-order chi connectivity index (χ1) is 8.99. The van der Waals surface area contributed by atoms with Gasteiger partial charge in [-0.25, -0.2) is 9.97 Å². The molecule has 0 saturated heterocycles. The van der Waals surface area contributed by atoms with E-state index in [0.717, 1.165) is 21.5 Å². The van der Waals surface area contributed by atoms with Gasteiger partial charge in [-0.05, 0) is 28.9 Å². The van der Waals surface area contributed by atoms with Crippen molar-refractivity contribution in [1.29, 1.82) is 0 Å². The molecule has 1 unspecified atom stereocenters. The van der Waals surface area contributed by atoms with Crippen molar-refractivity contribution in [3.05, 3.63) is 22.6 Å². The molecule has 2 rings (SSSR count). The van der Waals surface area contributed by atoms with Crippen LogP contribution in [-0.4, -0.2) is 27.0 Å². The van der Waals surface area contributed by atoms with Gasteiger partial charge in [0.05, 0.1) is 5.38 Å². The third kappa shape index (κ3) is 3.25. The van der Waals surface area contributed by atoms with Crippen LogP contribution < -0.4 is 5.32 Å². The summed E-state index contributed by atoms with van der Waals surface area (Å²) in [5.41, 5.74) is 1.57. The van der Waals surface area contributed by atoms with Crippen molar-refractivity contribution in [2.45, 2.75) is 25.8 Å². The lowest BCUT2D eigenvalue weighted by Gasteiger charge is -2.10. The molecule has 2 aromatic rings. The summed E-state index contributed by atoms with van der Waals surface area (Å²) in [6, 6.07) is 1.90. The zero-order chi connectivity index (χ0) is 14.0. The summed E-state index contributed by atoms with van der Waals surface area (Å²) >= 11 is 9.52. The number of rotatable bonds is 4. The first-order valence-corrected chi connectivity index (χ1v) is 7.12. The molecule has 0 bridgehead atoms. The lowest BCUT2D eigenvalue weighted by molar-refractivity contribution is -0.118. The fourth-order valence-electron chi connectivity index (χ4n) is 1.87. The van der Waals surface area contributed by atoms with Crippen molar-refractivity contribution in [3.63, 3.8) is 0 Å². The Morgan fingerprint density at radius 3 is 3.00 bits per heavy atom. The molecular weight excluding hydrogens is 332 g/mol. The molecule has 0 aliphatic heterocycles. The molecule has 0 radical (unpaired) electrons. The van der Waals surface area contributed by atoms with Crippen LogP contribution in [-0.2, 0) is 11.3 Å². The second-order valence-corrected chi connectivity index (χ2v) is 5.79. The average Bonchev–Trinajstić information content (AvgIpc) is 2.67. The lowest BCUT2D eigenvalue weighted by atomic mass is 10.4. The Labute approximate surface area is 124 Å². The summed E-state index contributed by atoms with van der Waals surface area (Å²) in [5.74, 6) is 0.702. The van der Waals surface area contributed by atoms with Crippen LogP contribution in [0.3, 0.4) is 0 Å². The highest BCUT2D eigenvalue weighted by atomic mass is 79.9. The Balaban J connectivity index is 2.37. The maximum Gasteiger partial charge on any atom is 0.216 e. The topological polar surface area (TPSA) is 59.8 Å². The summed E-state index contributed by atoms with van der Waals surface area (Å²) in [5, 5.41) is 2.54. The van der Waals surface area contributed by atoms with E-state index >= 15 is 0 Å². The van der Waals surface area contributed by atoms with E-state index in [1.54, 1.807) is 6.20 Å². The number of carbonyl (C=O) groups is 1. The molecule has 0 aromatic carbocycles. The third-order valence-corrected chi connectivity index (χ3v) is 3.28. The van der Waals surface area contributed by atoms with Crippen molar-refractivity contribution in [3.8, 4) is 0 Å². The van der Waals surface area contributed by atoms with Gasteiger partial charge >= 0.3 is 0 Å². The van der Waals surface area contributed by atoms with Crippen molar-refractivity contribution < 1.29 is 4.79 Å². The summed E-state index contributed by atoms with van der Waals surface area (Å²) in [6.07, 6.45) is 1.72. The number of nitrogens with zero attached hydrogens (tertiary/aromatic N) is 3. The molecule has 0 aliphatic rings. The van der Waals surface area contributed by atoms with Crippen LogP contribution in [0, 0.1) is 0 Å². The summed E-state index contributed by atoms with van der Waals surface area (Å²) in [4.78, 5) is 19.8. The number of amides is 1. The van der Waals surface area contributed by atoms with Crippen LogP contribution in [0.1, 0.15) is 25.0 Å². The predicted molar refractivity (Wildman–Crippen MR) is 78.2 cm³/mol. The Hall–Kier alpha value is -1.14.